The third-order valence-corrected chi connectivity index (χ3v) is 3.28. The first kappa shape index (κ1) is 6.76. The first-order chi connectivity index (χ1) is 4.79. The molecule has 0 atom stereocenters. The van der Waals surface area contributed by atoms with Crippen LogP contribution in [0.15, 0.2) is 0 Å². The molecule has 0 aromatic carbocycles. The monoisotopic (exact) mass is 135 g/mol. The van der Waals surface area contributed by atoms with Crippen LogP contribution in [-0.2, 0) is 0 Å². The fourth-order valence-corrected chi connectivity index (χ4v) is 2.71. The summed E-state index contributed by atoms with van der Waals surface area (Å²) in [7, 11) is 2.64. The van der Waals surface area contributed by atoms with Crippen molar-refractivity contribution in [3.63, 3.8) is 0 Å². The van der Waals surface area contributed by atoms with Crippen LogP contribution in [0.5, 0.6) is 0 Å². The topological polar surface area (TPSA) is 0 Å². The largest absolute Gasteiger partial charge is 0.121 e. The summed E-state index contributed by atoms with van der Waals surface area (Å²) in [4.78, 5) is 0. The normalized spacial score (nSPS) is 46.3. The van der Waals surface area contributed by atoms with E-state index in [1.165, 1.54) is 38.5 Å². The molecule has 2 saturated heterocycles. The molecule has 55 valence electrons. The molecule has 0 nitrogen and oxygen atoms in total. The molecule has 0 spiro atoms. The summed E-state index contributed by atoms with van der Waals surface area (Å²) in [5.41, 5.74) is 0. The maximum Gasteiger partial charge on any atom is 0.121 e. The van der Waals surface area contributed by atoms with E-state index in [2.05, 4.69) is 14.2 Å². The Morgan fingerprint density at radius 1 is 1.20 bits per heavy atom. The lowest BCUT2D eigenvalue weighted by Gasteiger charge is -2.42. The van der Waals surface area contributed by atoms with Gasteiger partial charge in [0.2, 0.25) is 0 Å². The lowest BCUT2D eigenvalue weighted by atomic mass is 9.36. The Hall–Kier alpha value is 0.0649. The maximum atomic E-state index is 2.64. The van der Waals surface area contributed by atoms with Crippen molar-refractivity contribution in [2.45, 2.75) is 56.6 Å². The van der Waals surface area contributed by atoms with Crippen molar-refractivity contribution in [2.75, 3.05) is 0 Å². The Morgan fingerprint density at radius 2 is 1.80 bits per heavy atom. The molecule has 0 unspecified atom stereocenters. The van der Waals surface area contributed by atoms with Gasteiger partial charge in [0.1, 0.15) is 7.28 Å². The van der Waals surface area contributed by atoms with Crippen LogP contribution in [-0.4, -0.2) is 7.28 Å². The van der Waals surface area contributed by atoms with Gasteiger partial charge in [0.05, 0.1) is 0 Å². The number of hydrogen-bond donors (Lipinski definition) is 0. The quantitative estimate of drug-likeness (QED) is 0.448. The van der Waals surface area contributed by atoms with Gasteiger partial charge in [0, 0.05) is 0 Å². The van der Waals surface area contributed by atoms with Crippen LogP contribution in [0.1, 0.15) is 45.4 Å². The minimum atomic E-state index is 0.654. The van der Waals surface area contributed by atoms with Crippen molar-refractivity contribution in [1.82, 2.24) is 0 Å². The van der Waals surface area contributed by atoms with Gasteiger partial charge < -0.3 is 0 Å². The molecule has 2 aliphatic heterocycles. The molecule has 2 fully saturated rings. The Labute approximate surface area is 64.6 Å². The van der Waals surface area contributed by atoms with Gasteiger partial charge in [0.25, 0.3) is 0 Å². The molecule has 1 heteroatoms. The summed E-state index contributed by atoms with van der Waals surface area (Å²) >= 11 is 0. The minimum Gasteiger partial charge on any atom is -0.0682 e. The fourth-order valence-electron chi connectivity index (χ4n) is 2.71. The van der Waals surface area contributed by atoms with E-state index < -0.39 is 0 Å². The van der Waals surface area contributed by atoms with E-state index in [1.807, 2.05) is 0 Å². The van der Waals surface area contributed by atoms with Gasteiger partial charge in [-0.3, -0.25) is 0 Å². The van der Waals surface area contributed by atoms with Crippen LogP contribution in [0.4, 0.5) is 0 Å². The Bertz CT molecular complexity index is 121. The molecule has 0 saturated carbocycles. The van der Waals surface area contributed by atoms with Gasteiger partial charge >= 0.3 is 0 Å². The Morgan fingerprint density at radius 3 is 2.20 bits per heavy atom. The maximum absolute atomic E-state index is 2.64. The highest BCUT2D eigenvalue weighted by atomic mass is 14.3. The third kappa shape index (κ3) is 1.11. The summed E-state index contributed by atoms with van der Waals surface area (Å²) in [5.74, 6) is 0.993. The third-order valence-electron chi connectivity index (χ3n) is 3.28. The molecule has 2 bridgehead atoms. The van der Waals surface area contributed by atoms with E-state index in [1.54, 1.807) is 0 Å². The van der Waals surface area contributed by atoms with Crippen molar-refractivity contribution >= 4 is 7.28 Å². The highest BCUT2D eigenvalue weighted by molar-refractivity contribution is 6.42. The summed E-state index contributed by atoms with van der Waals surface area (Å²) in [6.07, 6.45) is 8.85. The van der Waals surface area contributed by atoms with Crippen LogP contribution in [0.3, 0.4) is 0 Å². The van der Waals surface area contributed by atoms with E-state index in [0.717, 1.165) is 5.82 Å². The van der Waals surface area contributed by atoms with Crippen LogP contribution >= 0.6 is 0 Å². The fraction of sp³-hybridized carbons (Fsp3) is 1.00. The Balaban J connectivity index is 2.07. The van der Waals surface area contributed by atoms with Crippen molar-refractivity contribution in [3.8, 4) is 0 Å². The highest BCUT2D eigenvalue weighted by Gasteiger charge is 2.35. The molecule has 2 heterocycles. The van der Waals surface area contributed by atoms with Crippen molar-refractivity contribution in [1.29, 1.82) is 0 Å². The van der Waals surface area contributed by atoms with Crippen LogP contribution in [0, 0.1) is 0 Å². The van der Waals surface area contributed by atoms with Gasteiger partial charge in [0.15, 0.2) is 0 Å². The highest BCUT2D eigenvalue weighted by Crippen LogP contribution is 2.50. The van der Waals surface area contributed by atoms with Gasteiger partial charge in [-0.2, -0.15) is 0 Å². The zero-order valence-electron chi connectivity index (χ0n) is 6.90. The lowest BCUT2D eigenvalue weighted by molar-refractivity contribution is 0.370. The van der Waals surface area contributed by atoms with E-state index in [4.69, 9.17) is 0 Å². The van der Waals surface area contributed by atoms with Crippen LogP contribution in [0.2, 0.25) is 11.1 Å². The predicted molar refractivity (Wildman–Crippen MR) is 45.6 cm³/mol. The molecule has 0 aromatic rings. The van der Waals surface area contributed by atoms with E-state index in [0.29, 0.717) is 5.31 Å². The molecule has 1 radical (unpaired) electrons. The molecule has 0 aromatic heterocycles. The van der Waals surface area contributed by atoms with E-state index in [-0.39, 0.29) is 0 Å². The number of rotatable bonds is 0. The zero-order chi connectivity index (χ0) is 7.03. The molecular weight excluding hydrogens is 119 g/mol. The number of fused-ring (bicyclic) bond motifs is 2. The van der Waals surface area contributed by atoms with Gasteiger partial charge in [-0.25, -0.2) is 0 Å². The zero-order valence-corrected chi connectivity index (χ0v) is 6.90. The standard InChI is InChI=1S/C9H16B/c1-9-6-2-4-8(10-9)5-3-7-9/h8H,2-7H2,1H3. The van der Waals surface area contributed by atoms with Crippen molar-refractivity contribution < 1.29 is 0 Å². The molecule has 2 rings (SSSR count). The Kier molecular flexibility index (Phi) is 1.54. The van der Waals surface area contributed by atoms with Gasteiger partial charge in [-0.05, 0) is 0 Å². The summed E-state index contributed by atoms with van der Waals surface area (Å²) in [6, 6.07) is 0. The lowest BCUT2D eigenvalue weighted by Crippen LogP contribution is -2.29. The van der Waals surface area contributed by atoms with Crippen LogP contribution < -0.4 is 0 Å². The first-order valence-corrected chi connectivity index (χ1v) is 4.65. The van der Waals surface area contributed by atoms with Gasteiger partial charge in [-0.1, -0.05) is 56.6 Å². The molecular formula is C9H16B. The SMILES string of the molecule is CC12[B]C(CCC1)CCC2. The molecule has 2 aliphatic rings. The summed E-state index contributed by atoms with van der Waals surface area (Å²) in [5, 5.41) is 0.654. The minimum absolute atomic E-state index is 0.654. The van der Waals surface area contributed by atoms with Gasteiger partial charge in [-0.15, -0.1) is 0 Å². The first-order valence-electron chi connectivity index (χ1n) is 4.65. The smallest absolute Gasteiger partial charge is 0.0682 e. The number of hydrogen-bond acceptors (Lipinski definition) is 0. The second-order valence-corrected chi connectivity index (χ2v) is 4.37. The summed E-state index contributed by atoms with van der Waals surface area (Å²) < 4.78 is 0. The van der Waals surface area contributed by atoms with E-state index in [9.17, 15) is 0 Å². The van der Waals surface area contributed by atoms with Crippen molar-refractivity contribution in [2.24, 2.45) is 0 Å². The van der Waals surface area contributed by atoms with Crippen molar-refractivity contribution in [3.05, 3.63) is 0 Å². The average Bonchev–Trinajstić information content (AvgIpc) is 1.86. The molecule has 0 amide bonds. The second kappa shape index (κ2) is 2.28. The summed E-state index contributed by atoms with van der Waals surface area (Å²) in [6.45, 7) is 2.44. The predicted octanol–water partition coefficient (Wildman–Crippen LogP) is 3.03. The van der Waals surface area contributed by atoms with Crippen LogP contribution in [0.25, 0.3) is 0 Å². The molecule has 0 N–H and O–H groups in total. The second-order valence-electron chi connectivity index (χ2n) is 4.37. The average molecular weight is 135 g/mol. The van der Waals surface area contributed by atoms with E-state index >= 15 is 0 Å². The molecule has 0 aliphatic carbocycles. The molecule has 10 heavy (non-hydrogen) atoms.